The van der Waals surface area contributed by atoms with E-state index in [9.17, 15) is 0 Å². The Morgan fingerprint density at radius 1 is 0.264 bits per heavy atom. The first-order valence-corrected chi connectivity index (χ1v) is 18.1. The third-order valence-electron chi connectivity index (χ3n) is 10.3. The van der Waals surface area contributed by atoms with Crippen molar-refractivity contribution in [2.24, 2.45) is 0 Å². The Bertz CT molecular complexity index is 2830. The summed E-state index contributed by atoms with van der Waals surface area (Å²) in [6.45, 7) is 0. The predicted octanol–water partition coefficient (Wildman–Crippen LogP) is 14.0. The standard InChI is InChI=1S/C50H35N3/c1-3-18-37(19-4-1)51(39-30-32-40(33-31-39)53-47-27-13-11-25-42(47)43-26-12-14-28-48(43)53)49-34-35-50(45-24-10-9-23-44(45)49)52(38-20-5-2-6-21-38)46-29-15-17-36-16-7-8-22-41(36)46/h1-35H. The molecule has 0 bridgehead atoms. The van der Waals surface area contributed by atoms with Crippen LogP contribution in [0.15, 0.2) is 212 Å². The molecule has 10 aromatic rings. The predicted molar refractivity (Wildman–Crippen MR) is 225 cm³/mol. The van der Waals surface area contributed by atoms with Gasteiger partial charge in [0.2, 0.25) is 0 Å². The van der Waals surface area contributed by atoms with Gasteiger partial charge in [-0.15, -0.1) is 0 Å². The molecular formula is C50H35N3. The van der Waals surface area contributed by atoms with E-state index in [1.807, 2.05) is 0 Å². The Labute approximate surface area is 308 Å². The van der Waals surface area contributed by atoms with Crippen LogP contribution in [-0.2, 0) is 0 Å². The Morgan fingerprint density at radius 3 is 1.28 bits per heavy atom. The molecule has 0 unspecified atom stereocenters. The smallest absolute Gasteiger partial charge is 0.0541 e. The van der Waals surface area contributed by atoms with Crippen molar-refractivity contribution in [1.29, 1.82) is 0 Å². The Hall–Kier alpha value is -7.10. The van der Waals surface area contributed by atoms with Gasteiger partial charge in [0.1, 0.15) is 0 Å². The first-order valence-electron chi connectivity index (χ1n) is 18.1. The van der Waals surface area contributed by atoms with E-state index in [4.69, 9.17) is 0 Å². The van der Waals surface area contributed by atoms with Crippen LogP contribution in [0, 0.1) is 0 Å². The molecule has 3 nitrogen and oxygen atoms in total. The van der Waals surface area contributed by atoms with E-state index in [0.29, 0.717) is 0 Å². The molecule has 0 saturated heterocycles. The van der Waals surface area contributed by atoms with E-state index < -0.39 is 0 Å². The summed E-state index contributed by atoms with van der Waals surface area (Å²) in [6, 6.07) is 76.3. The van der Waals surface area contributed by atoms with Crippen LogP contribution in [0.5, 0.6) is 0 Å². The van der Waals surface area contributed by atoms with Crippen molar-refractivity contribution in [1.82, 2.24) is 4.57 Å². The first kappa shape index (κ1) is 30.7. The van der Waals surface area contributed by atoms with Gasteiger partial charge in [-0.2, -0.15) is 0 Å². The second-order valence-corrected chi connectivity index (χ2v) is 13.4. The van der Waals surface area contributed by atoms with Gasteiger partial charge < -0.3 is 14.4 Å². The van der Waals surface area contributed by atoms with Crippen molar-refractivity contribution >= 4 is 77.5 Å². The zero-order valence-corrected chi connectivity index (χ0v) is 29.0. The van der Waals surface area contributed by atoms with Crippen molar-refractivity contribution in [3.8, 4) is 5.69 Å². The van der Waals surface area contributed by atoms with Gasteiger partial charge in [-0.1, -0.05) is 133 Å². The average molecular weight is 678 g/mol. The second-order valence-electron chi connectivity index (χ2n) is 13.4. The molecule has 10 rings (SSSR count). The SMILES string of the molecule is c1ccc(N(c2ccc(-n3c4ccccc4c4ccccc43)cc2)c2ccc(N(c3ccccc3)c3cccc4ccccc34)c3ccccc23)cc1. The van der Waals surface area contributed by atoms with E-state index in [2.05, 4.69) is 227 Å². The molecule has 0 aliphatic heterocycles. The van der Waals surface area contributed by atoms with Crippen LogP contribution in [0.2, 0.25) is 0 Å². The van der Waals surface area contributed by atoms with Crippen molar-refractivity contribution in [3.05, 3.63) is 212 Å². The number of hydrogen-bond acceptors (Lipinski definition) is 2. The van der Waals surface area contributed by atoms with Crippen LogP contribution in [0.4, 0.5) is 34.1 Å². The minimum Gasteiger partial charge on any atom is -0.310 e. The van der Waals surface area contributed by atoms with Gasteiger partial charge in [0.15, 0.2) is 0 Å². The molecule has 0 saturated carbocycles. The maximum absolute atomic E-state index is 2.40. The number of hydrogen-bond donors (Lipinski definition) is 0. The molecule has 1 aromatic heterocycles. The minimum absolute atomic E-state index is 1.09. The maximum Gasteiger partial charge on any atom is 0.0541 e. The lowest BCUT2D eigenvalue weighted by atomic mass is 10.0. The van der Waals surface area contributed by atoms with Crippen LogP contribution in [-0.4, -0.2) is 4.57 Å². The molecule has 53 heavy (non-hydrogen) atoms. The zero-order valence-electron chi connectivity index (χ0n) is 29.0. The summed E-state index contributed by atoms with van der Waals surface area (Å²) >= 11 is 0. The summed E-state index contributed by atoms with van der Waals surface area (Å²) in [4.78, 5) is 4.79. The molecule has 0 N–H and O–H groups in total. The highest BCUT2D eigenvalue weighted by molar-refractivity contribution is 6.11. The van der Waals surface area contributed by atoms with Crippen molar-refractivity contribution in [2.45, 2.75) is 0 Å². The zero-order chi connectivity index (χ0) is 35.1. The number of aromatic nitrogens is 1. The molecule has 0 radical (unpaired) electrons. The highest BCUT2D eigenvalue weighted by atomic mass is 15.2. The number of anilines is 6. The fraction of sp³-hybridized carbons (Fsp3) is 0. The van der Waals surface area contributed by atoms with E-state index in [-0.39, 0.29) is 0 Å². The Balaban J connectivity index is 1.15. The lowest BCUT2D eigenvalue weighted by Gasteiger charge is -2.31. The third-order valence-corrected chi connectivity index (χ3v) is 10.3. The number of benzene rings is 9. The highest BCUT2D eigenvalue weighted by Crippen LogP contribution is 2.46. The molecule has 3 heteroatoms. The Kier molecular flexibility index (Phi) is 7.47. The number of fused-ring (bicyclic) bond motifs is 5. The summed E-state index contributed by atoms with van der Waals surface area (Å²) in [5, 5.41) is 7.29. The average Bonchev–Trinajstić information content (AvgIpc) is 3.57. The topological polar surface area (TPSA) is 11.4 Å². The Morgan fingerprint density at radius 2 is 0.679 bits per heavy atom. The number of nitrogens with zero attached hydrogens (tertiary/aromatic N) is 3. The van der Waals surface area contributed by atoms with Crippen molar-refractivity contribution in [2.75, 3.05) is 9.80 Å². The van der Waals surface area contributed by atoms with Gasteiger partial charge in [0, 0.05) is 49.7 Å². The fourth-order valence-electron chi connectivity index (χ4n) is 8.00. The molecule has 250 valence electrons. The molecular weight excluding hydrogens is 643 g/mol. The van der Waals surface area contributed by atoms with Gasteiger partial charge >= 0.3 is 0 Å². The first-order chi connectivity index (χ1) is 26.3. The summed E-state index contributed by atoms with van der Waals surface area (Å²) in [6.07, 6.45) is 0. The van der Waals surface area contributed by atoms with Crippen molar-refractivity contribution < 1.29 is 0 Å². The molecule has 0 amide bonds. The van der Waals surface area contributed by atoms with Crippen LogP contribution in [0.25, 0.3) is 49.0 Å². The van der Waals surface area contributed by atoms with Gasteiger partial charge in [-0.3, -0.25) is 0 Å². The van der Waals surface area contributed by atoms with Crippen molar-refractivity contribution in [3.63, 3.8) is 0 Å². The van der Waals surface area contributed by atoms with Gasteiger partial charge in [0.05, 0.1) is 28.1 Å². The summed E-state index contributed by atoms with van der Waals surface area (Å²) in [5.41, 5.74) is 10.2. The quantitative estimate of drug-likeness (QED) is 0.166. The molecule has 9 aromatic carbocycles. The minimum atomic E-state index is 1.09. The van der Waals surface area contributed by atoms with E-state index in [1.54, 1.807) is 0 Å². The molecule has 0 aliphatic carbocycles. The van der Waals surface area contributed by atoms with Gasteiger partial charge in [0.25, 0.3) is 0 Å². The number of para-hydroxylation sites is 4. The third kappa shape index (κ3) is 5.21. The largest absolute Gasteiger partial charge is 0.310 e. The lowest BCUT2D eigenvalue weighted by molar-refractivity contribution is 1.17. The van der Waals surface area contributed by atoms with Crippen LogP contribution in [0.3, 0.4) is 0 Å². The summed E-state index contributed by atoms with van der Waals surface area (Å²) in [7, 11) is 0. The van der Waals surface area contributed by atoms with Crippen LogP contribution in [0.1, 0.15) is 0 Å². The molecule has 0 fully saturated rings. The highest BCUT2D eigenvalue weighted by Gasteiger charge is 2.22. The van der Waals surface area contributed by atoms with E-state index >= 15 is 0 Å². The van der Waals surface area contributed by atoms with Crippen LogP contribution < -0.4 is 9.80 Å². The summed E-state index contributed by atoms with van der Waals surface area (Å²) < 4.78 is 2.37. The maximum atomic E-state index is 2.40. The molecule has 0 aliphatic rings. The van der Waals surface area contributed by atoms with Gasteiger partial charge in [-0.25, -0.2) is 0 Å². The summed E-state index contributed by atoms with van der Waals surface area (Å²) in [5.74, 6) is 0. The normalized spacial score (nSPS) is 11.4. The van der Waals surface area contributed by atoms with E-state index in [0.717, 1.165) is 39.8 Å². The van der Waals surface area contributed by atoms with Gasteiger partial charge in [-0.05, 0) is 84.2 Å². The second kappa shape index (κ2) is 12.9. The molecule has 1 heterocycles. The lowest BCUT2D eigenvalue weighted by Crippen LogP contribution is -2.13. The van der Waals surface area contributed by atoms with E-state index in [1.165, 1.54) is 43.4 Å². The fourth-order valence-corrected chi connectivity index (χ4v) is 8.00. The number of rotatable bonds is 7. The molecule has 0 spiro atoms. The molecule has 0 atom stereocenters. The monoisotopic (exact) mass is 677 g/mol. The van der Waals surface area contributed by atoms with Crippen LogP contribution >= 0.6 is 0 Å².